The maximum atomic E-state index is 11.4. The van der Waals surface area contributed by atoms with Gasteiger partial charge in [-0.3, -0.25) is 4.79 Å². The summed E-state index contributed by atoms with van der Waals surface area (Å²) < 4.78 is 4.56. The number of carbonyl (C=O) groups excluding carboxylic acids is 2. The Morgan fingerprint density at radius 2 is 2.20 bits per heavy atom. The van der Waals surface area contributed by atoms with Crippen molar-refractivity contribution in [1.82, 2.24) is 0 Å². The summed E-state index contributed by atoms with van der Waals surface area (Å²) in [6.45, 7) is 2.85. The summed E-state index contributed by atoms with van der Waals surface area (Å²) in [5.74, 6) is -1.03. The third-order valence-electron chi connectivity index (χ3n) is 1.68. The van der Waals surface area contributed by atoms with Crippen molar-refractivity contribution in [1.29, 1.82) is 0 Å². The fourth-order valence-corrected chi connectivity index (χ4v) is 0.958. The lowest BCUT2D eigenvalue weighted by molar-refractivity contribution is -0.136. The lowest BCUT2D eigenvalue weighted by Gasteiger charge is -2.01. The van der Waals surface area contributed by atoms with Crippen LogP contribution in [0.3, 0.4) is 0 Å². The first kappa shape index (κ1) is 11.0. The fourth-order valence-electron chi connectivity index (χ4n) is 0.958. The Morgan fingerprint density at radius 1 is 1.47 bits per heavy atom. The van der Waals surface area contributed by atoms with Crippen molar-refractivity contribution in [3.63, 3.8) is 0 Å². The van der Waals surface area contributed by atoms with E-state index in [4.69, 9.17) is 5.11 Å². The molecule has 0 aliphatic rings. The topological polar surface area (TPSA) is 63.6 Å². The normalized spacial score (nSPS) is 9.33. The fraction of sp³-hybridized carbons (Fsp3) is 0.0909. The van der Waals surface area contributed by atoms with Crippen LogP contribution in [0.5, 0.6) is 5.75 Å². The average molecular weight is 206 g/mol. The molecule has 0 spiro atoms. The number of carbonyl (C=O) groups is 2. The molecule has 4 nitrogen and oxygen atoms in total. The van der Waals surface area contributed by atoms with E-state index in [2.05, 4.69) is 11.3 Å². The molecular weight excluding hydrogens is 196 g/mol. The van der Waals surface area contributed by atoms with Crippen molar-refractivity contribution in [2.75, 3.05) is 6.61 Å². The van der Waals surface area contributed by atoms with Crippen molar-refractivity contribution in [2.24, 2.45) is 0 Å². The molecule has 0 aromatic heterocycles. The molecule has 0 heterocycles. The number of benzene rings is 1. The molecule has 1 aromatic rings. The molecule has 0 radical (unpaired) electrons. The van der Waals surface area contributed by atoms with Crippen LogP contribution in [0.25, 0.3) is 0 Å². The second-order valence-electron chi connectivity index (χ2n) is 2.79. The van der Waals surface area contributed by atoms with Gasteiger partial charge in [0, 0.05) is 11.6 Å². The predicted molar refractivity (Wildman–Crippen MR) is 53.6 cm³/mol. The minimum absolute atomic E-state index is 0.00380. The van der Waals surface area contributed by atoms with Crippen molar-refractivity contribution in [2.45, 2.75) is 0 Å². The molecule has 15 heavy (non-hydrogen) atoms. The molecule has 1 N–H and O–H groups in total. The van der Waals surface area contributed by atoms with Crippen LogP contribution >= 0.6 is 0 Å². The van der Waals surface area contributed by atoms with Crippen molar-refractivity contribution < 1.29 is 19.4 Å². The first-order valence-electron chi connectivity index (χ1n) is 4.25. The molecule has 78 valence electrons. The number of rotatable bonds is 4. The predicted octanol–water partition coefficient (Wildman–Crippen LogP) is 1.30. The van der Waals surface area contributed by atoms with Gasteiger partial charge in [-0.2, -0.15) is 0 Å². The highest BCUT2D eigenvalue weighted by atomic mass is 16.5. The zero-order valence-electron chi connectivity index (χ0n) is 7.97. The van der Waals surface area contributed by atoms with E-state index in [0.29, 0.717) is 5.56 Å². The average Bonchev–Trinajstić information content (AvgIpc) is 2.25. The number of ketones is 1. The van der Waals surface area contributed by atoms with E-state index in [1.165, 1.54) is 24.3 Å². The van der Waals surface area contributed by atoms with Gasteiger partial charge in [-0.25, -0.2) is 4.79 Å². The van der Waals surface area contributed by atoms with Gasteiger partial charge in [0.25, 0.3) is 0 Å². The number of hydrogen-bond acceptors (Lipinski definition) is 4. The summed E-state index contributed by atoms with van der Waals surface area (Å²) in [6.07, 6.45) is 0.982. The lowest BCUT2D eigenvalue weighted by Crippen LogP contribution is -2.12. The molecule has 1 aromatic carbocycles. The summed E-state index contributed by atoms with van der Waals surface area (Å²) in [5, 5.41) is 9.11. The molecule has 0 saturated carbocycles. The van der Waals surface area contributed by atoms with E-state index in [1.807, 2.05) is 0 Å². The Labute approximate surface area is 86.8 Å². The van der Waals surface area contributed by atoms with Gasteiger partial charge in [0.1, 0.15) is 5.75 Å². The SMILES string of the molecule is C=CC(=O)OCC(=O)c1cccc(O)c1. The minimum Gasteiger partial charge on any atom is -0.508 e. The van der Waals surface area contributed by atoms with Gasteiger partial charge in [0.2, 0.25) is 0 Å². The Hall–Kier alpha value is -2.10. The van der Waals surface area contributed by atoms with Gasteiger partial charge in [-0.05, 0) is 12.1 Å². The van der Waals surface area contributed by atoms with Crippen LogP contribution in [0.1, 0.15) is 10.4 Å². The summed E-state index contributed by atoms with van der Waals surface area (Å²) in [6, 6.07) is 5.83. The number of aromatic hydroxyl groups is 1. The Balaban J connectivity index is 2.61. The van der Waals surface area contributed by atoms with Crippen LogP contribution in [0, 0.1) is 0 Å². The lowest BCUT2D eigenvalue weighted by atomic mass is 10.1. The van der Waals surface area contributed by atoms with E-state index >= 15 is 0 Å². The highest BCUT2D eigenvalue weighted by Gasteiger charge is 2.08. The van der Waals surface area contributed by atoms with Crippen LogP contribution in [0.15, 0.2) is 36.9 Å². The quantitative estimate of drug-likeness (QED) is 0.458. The maximum Gasteiger partial charge on any atom is 0.330 e. The summed E-state index contributed by atoms with van der Waals surface area (Å²) in [4.78, 5) is 22.1. The Bertz CT molecular complexity index is 395. The summed E-state index contributed by atoms with van der Waals surface area (Å²) >= 11 is 0. The van der Waals surface area contributed by atoms with Crippen molar-refractivity contribution in [3.8, 4) is 5.75 Å². The van der Waals surface area contributed by atoms with Crippen molar-refractivity contribution in [3.05, 3.63) is 42.5 Å². The minimum atomic E-state index is -0.650. The van der Waals surface area contributed by atoms with Gasteiger partial charge in [0.05, 0.1) is 0 Å². The first-order chi connectivity index (χ1) is 7.13. The van der Waals surface area contributed by atoms with Gasteiger partial charge in [-0.15, -0.1) is 0 Å². The molecular formula is C11H10O4. The van der Waals surface area contributed by atoms with Gasteiger partial charge in [0.15, 0.2) is 12.4 Å². The second kappa shape index (κ2) is 4.95. The molecule has 0 aliphatic heterocycles. The van der Waals surface area contributed by atoms with E-state index in [9.17, 15) is 9.59 Å². The van der Waals surface area contributed by atoms with E-state index in [1.54, 1.807) is 0 Å². The van der Waals surface area contributed by atoms with E-state index < -0.39 is 5.97 Å². The van der Waals surface area contributed by atoms with Crippen LogP contribution in [-0.4, -0.2) is 23.5 Å². The number of phenolic OH excluding ortho intramolecular Hbond substituents is 1. The Kier molecular flexibility index (Phi) is 3.62. The molecule has 0 aliphatic carbocycles. The molecule has 0 amide bonds. The standard InChI is InChI=1S/C11H10O4/c1-2-11(14)15-7-10(13)8-4-3-5-9(12)6-8/h2-6,12H,1,7H2. The van der Waals surface area contributed by atoms with E-state index in [0.717, 1.165) is 6.08 Å². The number of hydrogen-bond donors (Lipinski definition) is 1. The second-order valence-corrected chi connectivity index (χ2v) is 2.79. The number of phenols is 1. The number of Topliss-reactive ketones (excluding diaryl/α,β-unsaturated/α-hetero) is 1. The van der Waals surface area contributed by atoms with E-state index in [-0.39, 0.29) is 18.1 Å². The van der Waals surface area contributed by atoms with Crippen LogP contribution in [-0.2, 0) is 9.53 Å². The van der Waals surface area contributed by atoms with Crippen LogP contribution in [0.4, 0.5) is 0 Å². The Morgan fingerprint density at radius 3 is 2.80 bits per heavy atom. The smallest absolute Gasteiger partial charge is 0.330 e. The number of esters is 1. The molecule has 1 rings (SSSR count). The monoisotopic (exact) mass is 206 g/mol. The van der Waals surface area contributed by atoms with Crippen LogP contribution < -0.4 is 0 Å². The first-order valence-corrected chi connectivity index (χ1v) is 4.25. The third-order valence-corrected chi connectivity index (χ3v) is 1.68. The third kappa shape index (κ3) is 3.27. The van der Waals surface area contributed by atoms with Crippen LogP contribution in [0.2, 0.25) is 0 Å². The van der Waals surface area contributed by atoms with Gasteiger partial charge in [-0.1, -0.05) is 18.7 Å². The summed E-state index contributed by atoms with van der Waals surface area (Å²) in [5.41, 5.74) is 0.298. The molecule has 0 fully saturated rings. The molecule has 0 bridgehead atoms. The zero-order chi connectivity index (χ0) is 11.3. The zero-order valence-corrected chi connectivity index (χ0v) is 7.97. The highest BCUT2D eigenvalue weighted by Crippen LogP contribution is 2.11. The summed E-state index contributed by atoms with van der Waals surface area (Å²) in [7, 11) is 0. The molecule has 4 heteroatoms. The molecule has 0 atom stereocenters. The number of ether oxygens (including phenoxy) is 1. The molecule has 0 unspecified atom stereocenters. The van der Waals surface area contributed by atoms with Gasteiger partial charge >= 0.3 is 5.97 Å². The molecule has 0 saturated heterocycles. The maximum absolute atomic E-state index is 11.4. The van der Waals surface area contributed by atoms with Crippen molar-refractivity contribution >= 4 is 11.8 Å². The largest absolute Gasteiger partial charge is 0.508 e. The van der Waals surface area contributed by atoms with Gasteiger partial charge < -0.3 is 9.84 Å². The highest BCUT2D eigenvalue weighted by molar-refractivity contribution is 5.98.